The first kappa shape index (κ1) is 27.9. The number of aryl methyl sites for hydroxylation is 2. The smallest absolute Gasteiger partial charge is 0.246 e. The summed E-state index contributed by atoms with van der Waals surface area (Å²) in [6, 6.07) is 7.52. The maximum absolute atomic E-state index is 12.4. The fourth-order valence-electron chi connectivity index (χ4n) is 7.12. The van der Waals surface area contributed by atoms with Crippen LogP contribution in [0, 0.1) is 13.8 Å². The van der Waals surface area contributed by atoms with Crippen LogP contribution in [-0.4, -0.2) is 94.6 Å². The van der Waals surface area contributed by atoms with Crippen LogP contribution in [0.4, 0.5) is 11.8 Å². The normalized spacial score (nSPS) is 20.2. The Bertz CT molecular complexity index is 1720. The highest BCUT2D eigenvalue weighted by Gasteiger charge is 2.33. The van der Waals surface area contributed by atoms with Gasteiger partial charge in [0.25, 0.3) is 0 Å². The maximum atomic E-state index is 12.4. The number of nitrogens with one attached hydrogen (secondary N) is 2. The van der Waals surface area contributed by atoms with Crippen molar-refractivity contribution >= 4 is 52.8 Å². The minimum Gasteiger partial charge on any atom is -0.351 e. The standard InChI is InChI=1S/C33H39BN8O/c1-5-27(43)41-14-15-42(21(4)18-41)32-24-16-20(3)29(28-19(2)6-9-26-25(28)17-35-39-26)30(34)31(24)37-33(38-32)36-22-10-12-40(13-11-22)23-7-8-23/h5-6,9,16-17,21-23H,1,7-8,10-15,18H2,2-4H3,(H,35,39)(H,36,37,38)/t21-/m0/s1. The van der Waals surface area contributed by atoms with Gasteiger partial charge >= 0.3 is 0 Å². The van der Waals surface area contributed by atoms with E-state index in [0.717, 1.165) is 81.9 Å². The van der Waals surface area contributed by atoms with Crippen molar-refractivity contribution in [3.8, 4) is 11.1 Å². The van der Waals surface area contributed by atoms with Gasteiger partial charge in [-0.1, -0.05) is 18.1 Å². The van der Waals surface area contributed by atoms with Gasteiger partial charge in [0.1, 0.15) is 13.7 Å². The topological polar surface area (TPSA) is 93.3 Å². The third-order valence-electron chi connectivity index (χ3n) is 9.60. The highest BCUT2D eigenvalue weighted by Crippen LogP contribution is 2.37. The molecule has 7 rings (SSSR count). The second kappa shape index (κ2) is 11.0. The molecule has 0 bridgehead atoms. The van der Waals surface area contributed by atoms with E-state index < -0.39 is 0 Å². The van der Waals surface area contributed by atoms with Crippen molar-refractivity contribution in [3.63, 3.8) is 0 Å². The van der Waals surface area contributed by atoms with Gasteiger partial charge in [-0.25, -0.2) is 4.98 Å². The molecule has 3 fully saturated rings. The second-order valence-corrected chi connectivity index (χ2v) is 12.6. The number of hydrogen-bond donors (Lipinski definition) is 2. The molecule has 2 N–H and O–H groups in total. The van der Waals surface area contributed by atoms with Crippen LogP contribution < -0.4 is 15.7 Å². The molecular weight excluding hydrogens is 535 g/mol. The number of fused-ring (bicyclic) bond motifs is 2. The lowest BCUT2D eigenvalue weighted by Crippen LogP contribution is -2.53. The van der Waals surface area contributed by atoms with Crippen molar-refractivity contribution in [2.24, 2.45) is 0 Å². The van der Waals surface area contributed by atoms with Gasteiger partial charge in [-0.15, -0.1) is 0 Å². The predicted octanol–water partition coefficient (Wildman–Crippen LogP) is 3.85. The Morgan fingerprint density at radius 1 is 1.05 bits per heavy atom. The number of hydrogen-bond acceptors (Lipinski definition) is 7. The van der Waals surface area contributed by atoms with Gasteiger partial charge in [0.05, 0.1) is 17.2 Å². The van der Waals surface area contributed by atoms with Gasteiger partial charge in [-0.05, 0) is 86.9 Å². The van der Waals surface area contributed by atoms with E-state index in [1.807, 2.05) is 11.1 Å². The maximum Gasteiger partial charge on any atom is 0.246 e. The molecule has 0 spiro atoms. The Morgan fingerprint density at radius 2 is 1.84 bits per heavy atom. The highest BCUT2D eigenvalue weighted by atomic mass is 16.2. The quantitative estimate of drug-likeness (QED) is 0.267. The molecular formula is C33H39BN8O. The summed E-state index contributed by atoms with van der Waals surface area (Å²) in [5, 5.41) is 13.1. The van der Waals surface area contributed by atoms with Crippen LogP contribution in [-0.2, 0) is 4.79 Å². The third-order valence-corrected chi connectivity index (χ3v) is 9.60. The number of carbonyl (C=O) groups is 1. The monoisotopic (exact) mass is 574 g/mol. The summed E-state index contributed by atoms with van der Waals surface area (Å²) in [5.41, 5.74) is 6.64. The molecule has 10 heteroatoms. The zero-order chi connectivity index (χ0) is 29.8. The van der Waals surface area contributed by atoms with E-state index in [0.29, 0.717) is 37.1 Å². The molecule has 2 saturated heterocycles. The number of aromatic nitrogens is 4. The lowest BCUT2D eigenvalue weighted by molar-refractivity contribution is -0.126. The lowest BCUT2D eigenvalue weighted by atomic mass is 9.80. The Morgan fingerprint density at radius 3 is 2.56 bits per heavy atom. The Balaban J connectivity index is 1.33. The van der Waals surface area contributed by atoms with Crippen LogP contribution in [0.25, 0.3) is 32.9 Å². The minimum absolute atomic E-state index is 0.0348. The van der Waals surface area contributed by atoms with Crippen LogP contribution in [0.15, 0.2) is 37.1 Å². The summed E-state index contributed by atoms with van der Waals surface area (Å²) >= 11 is 0. The minimum atomic E-state index is -0.0348. The van der Waals surface area contributed by atoms with E-state index in [9.17, 15) is 4.79 Å². The molecule has 9 nitrogen and oxygen atoms in total. The first-order valence-electron chi connectivity index (χ1n) is 15.5. The summed E-state index contributed by atoms with van der Waals surface area (Å²) < 4.78 is 0. The van der Waals surface area contributed by atoms with Crippen LogP contribution in [0.2, 0.25) is 0 Å². The molecule has 43 heavy (non-hydrogen) atoms. The summed E-state index contributed by atoms with van der Waals surface area (Å²) in [4.78, 5) is 29.5. The number of benzene rings is 2. The van der Waals surface area contributed by atoms with E-state index >= 15 is 0 Å². The molecule has 1 amide bonds. The molecule has 2 aromatic carbocycles. The zero-order valence-corrected chi connectivity index (χ0v) is 25.4. The fraction of sp³-hybridized carbons (Fsp3) is 0.455. The van der Waals surface area contributed by atoms with Crippen molar-refractivity contribution in [1.82, 2.24) is 30.0 Å². The van der Waals surface area contributed by atoms with Gasteiger partial charge in [-0.2, -0.15) is 10.1 Å². The number of amides is 1. The van der Waals surface area contributed by atoms with E-state index in [1.165, 1.54) is 18.9 Å². The number of anilines is 2. The number of aromatic amines is 1. The van der Waals surface area contributed by atoms with E-state index in [4.69, 9.17) is 17.8 Å². The Labute approximate surface area is 254 Å². The van der Waals surface area contributed by atoms with Crippen LogP contribution in [0.1, 0.15) is 43.7 Å². The van der Waals surface area contributed by atoms with E-state index in [1.54, 1.807) is 0 Å². The largest absolute Gasteiger partial charge is 0.351 e. The number of piperidine rings is 1. The number of carbonyl (C=O) groups excluding carboxylic acids is 1. The molecule has 1 saturated carbocycles. The van der Waals surface area contributed by atoms with Crippen LogP contribution >= 0.6 is 0 Å². The average Bonchev–Trinajstić information content (AvgIpc) is 3.75. The van der Waals surface area contributed by atoms with E-state index in [-0.39, 0.29) is 11.9 Å². The third kappa shape index (κ3) is 5.05. The highest BCUT2D eigenvalue weighted by molar-refractivity contribution is 6.43. The van der Waals surface area contributed by atoms with Crippen LogP contribution in [0.5, 0.6) is 0 Å². The molecule has 0 unspecified atom stereocenters. The lowest BCUT2D eigenvalue weighted by Gasteiger charge is -2.41. The first-order chi connectivity index (χ1) is 20.8. The molecule has 4 heterocycles. The summed E-state index contributed by atoms with van der Waals surface area (Å²) in [6.45, 7) is 14.1. The average molecular weight is 575 g/mol. The number of likely N-dealkylation sites (tertiary alicyclic amines) is 1. The van der Waals surface area contributed by atoms with E-state index in [2.05, 4.69) is 70.9 Å². The number of H-pyrrole nitrogens is 1. The van der Waals surface area contributed by atoms with Gasteiger partial charge in [0.2, 0.25) is 11.9 Å². The van der Waals surface area contributed by atoms with Gasteiger partial charge in [-0.3, -0.25) is 9.89 Å². The molecule has 220 valence electrons. The Hall–Kier alpha value is -3.92. The van der Waals surface area contributed by atoms with Crippen molar-refractivity contribution in [1.29, 1.82) is 0 Å². The van der Waals surface area contributed by atoms with Crippen LogP contribution in [0.3, 0.4) is 0 Å². The number of piperazine rings is 1. The molecule has 1 atom stereocenters. The van der Waals surface area contributed by atoms with Crippen molar-refractivity contribution in [3.05, 3.63) is 48.2 Å². The van der Waals surface area contributed by atoms with Crippen molar-refractivity contribution < 1.29 is 4.79 Å². The zero-order valence-electron chi connectivity index (χ0n) is 25.4. The van der Waals surface area contributed by atoms with Crippen molar-refractivity contribution in [2.45, 2.75) is 64.6 Å². The predicted molar refractivity (Wildman–Crippen MR) is 174 cm³/mol. The molecule has 2 aliphatic heterocycles. The summed E-state index contributed by atoms with van der Waals surface area (Å²) in [5.74, 6) is 1.44. The SMILES string of the molecule is [B]c1c(-c2c(C)ccc3[nH]ncc23)c(C)cc2c(N3CCN(C(=O)C=C)C[C@@H]3C)nc(NC3CCN(C4CC4)CC3)nc12. The molecule has 1 aliphatic carbocycles. The fourth-order valence-corrected chi connectivity index (χ4v) is 7.12. The van der Waals surface area contributed by atoms with Crippen molar-refractivity contribution in [2.75, 3.05) is 42.9 Å². The molecule has 2 aromatic heterocycles. The number of nitrogens with zero attached hydrogens (tertiary/aromatic N) is 6. The number of rotatable bonds is 6. The molecule has 4 aromatic rings. The van der Waals surface area contributed by atoms with Gasteiger partial charge in [0, 0.05) is 61.6 Å². The Kier molecular flexibility index (Phi) is 7.12. The second-order valence-electron chi connectivity index (χ2n) is 12.6. The van der Waals surface area contributed by atoms with Gasteiger partial charge < -0.3 is 20.0 Å². The summed E-state index contributed by atoms with van der Waals surface area (Å²) in [7, 11) is 7.12. The van der Waals surface area contributed by atoms with Gasteiger partial charge in [0.15, 0.2) is 0 Å². The summed E-state index contributed by atoms with van der Waals surface area (Å²) in [6.07, 6.45) is 8.09. The molecule has 2 radical (unpaired) electrons. The molecule has 3 aliphatic rings. The first-order valence-corrected chi connectivity index (χ1v) is 15.5.